The lowest BCUT2D eigenvalue weighted by Crippen LogP contribution is -2.42. The highest BCUT2D eigenvalue weighted by Gasteiger charge is 2.28. The molecule has 2 rings (SSSR count). The Labute approximate surface area is 159 Å². The van der Waals surface area contributed by atoms with Crippen molar-refractivity contribution >= 4 is 47.4 Å². The number of hydrogen-bond acceptors (Lipinski definition) is 2. The Balaban J connectivity index is 0.00000264. The number of halogens is 2. The van der Waals surface area contributed by atoms with E-state index in [0.717, 1.165) is 35.9 Å². The van der Waals surface area contributed by atoms with Gasteiger partial charge in [0, 0.05) is 44.7 Å². The first-order valence-electron chi connectivity index (χ1n) is 7.54. The Bertz CT molecular complexity index is 531. The highest BCUT2D eigenvalue weighted by molar-refractivity contribution is 14.0. The minimum absolute atomic E-state index is 0. The minimum atomic E-state index is 0. The van der Waals surface area contributed by atoms with Gasteiger partial charge < -0.3 is 15.5 Å². The van der Waals surface area contributed by atoms with Crippen molar-refractivity contribution in [2.45, 2.75) is 19.4 Å². The lowest BCUT2D eigenvalue weighted by Gasteiger charge is -2.22. The van der Waals surface area contributed by atoms with Crippen molar-refractivity contribution in [2.75, 3.05) is 27.2 Å². The van der Waals surface area contributed by atoms with Gasteiger partial charge >= 0.3 is 0 Å². The van der Waals surface area contributed by atoms with Gasteiger partial charge in [-0.2, -0.15) is 0 Å². The number of hydrogen-bond donors (Lipinski definition) is 2. The van der Waals surface area contributed by atoms with Crippen LogP contribution < -0.4 is 10.6 Å². The standard InChI is InChI=1S/C16H23ClN4O.HI/c1-18-16(20-10-9-19-15(22)13-5-6-13)21(2)11-12-3-7-14(17)8-4-12;/h3-4,7-8,13H,5-6,9-11H2,1-2H3,(H,18,20)(H,19,22);1H. The van der Waals surface area contributed by atoms with Gasteiger partial charge in [-0.1, -0.05) is 23.7 Å². The molecule has 7 heteroatoms. The maximum Gasteiger partial charge on any atom is 0.223 e. The van der Waals surface area contributed by atoms with Crippen LogP contribution in [0.25, 0.3) is 0 Å². The second-order valence-electron chi connectivity index (χ2n) is 5.52. The number of rotatable bonds is 6. The summed E-state index contributed by atoms with van der Waals surface area (Å²) in [4.78, 5) is 17.8. The van der Waals surface area contributed by atoms with Gasteiger partial charge in [0.1, 0.15) is 0 Å². The number of nitrogens with zero attached hydrogens (tertiary/aromatic N) is 2. The van der Waals surface area contributed by atoms with E-state index in [1.54, 1.807) is 7.05 Å². The summed E-state index contributed by atoms with van der Waals surface area (Å²) in [7, 11) is 3.73. The molecule has 1 fully saturated rings. The van der Waals surface area contributed by atoms with Gasteiger partial charge in [0.05, 0.1) is 0 Å². The Kier molecular flexibility index (Phi) is 8.68. The average Bonchev–Trinajstić information content (AvgIpc) is 3.34. The van der Waals surface area contributed by atoms with Gasteiger partial charge in [0.2, 0.25) is 5.91 Å². The number of aliphatic imine (C=N–C) groups is 1. The molecular formula is C16H24ClIN4O. The van der Waals surface area contributed by atoms with Gasteiger partial charge in [-0.3, -0.25) is 9.79 Å². The predicted molar refractivity (Wildman–Crippen MR) is 105 cm³/mol. The van der Waals surface area contributed by atoms with Crippen molar-refractivity contribution in [1.82, 2.24) is 15.5 Å². The first-order valence-corrected chi connectivity index (χ1v) is 7.92. The number of carbonyl (C=O) groups is 1. The molecular weight excluding hydrogens is 427 g/mol. The maximum absolute atomic E-state index is 11.5. The summed E-state index contributed by atoms with van der Waals surface area (Å²) < 4.78 is 0. The van der Waals surface area contributed by atoms with Crippen LogP contribution in [0, 0.1) is 5.92 Å². The molecule has 1 amide bonds. The SMILES string of the molecule is CN=C(NCCNC(=O)C1CC1)N(C)Cc1ccc(Cl)cc1.I. The zero-order valence-corrected chi connectivity index (χ0v) is 16.6. The van der Waals surface area contributed by atoms with Crippen molar-refractivity contribution in [3.05, 3.63) is 34.9 Å². The third-order valence-electron chi connectivity index (χ3n) is 3.56. The summed E-state index contributed by atoms with van der Waals surface area (Å²) in [6.45, 7) is 2.02. The Morgan fingerprint density at radius 1 is 1.26 bits per heavy atom. The maximum atomic E-state index is 11.5. The van der Waals surface area contributed by atoms with Crippen LogP contribution in [0.2, 0.25) is 5.02 Å². The van der Waals surface area contributed by atoms with Crippen molar-refractivity contribution in [3.8, 4) is 0 Å². The van der Waals surface area contributed by atoms with Gasteiger partial charge in [0.15, 0.2) is 5.96 Å². The van der Waals surface area contributed by atoms with Crippen molar-refractivity contribution in [1.29, 1.82) is 0 Å². The van der Waals surface area contributed by atoms with E-state index < -0.39 is 0 Å². The van der Waals surface area contributed by atoms with Crippen molar-refractivity contribution in [3.63, 3.8) is 0 Å². The molecule has 0 spiro atoms. The van der Waals surface area contributed by atoms with E-state index in [2.05, 4.69) is 15.6 Å². The van der Waals surface area contributed by atoms with E-state index in [1.807, 2.05) is 36.2 Å². The third-order valence-corrected chi connectivity index (χ3v) is 3.81. The lowest BCUT2D eigenvalue weighted by atomic mass is 10.2. The smallest absolute Gasteiger partial charge is 0.223 e. The summed E-state index contributed by atoms with van der Waals surface area (Å²) in [5.41, 5.74) is 1.16. The first kappa shape index (κ1) is 20.0. The van der Waals surface area contributed by atoms with Crippen LogP contribution in [0.5, 0.6) is 0 Å². The first-order chi connectivity index (χ1) is 10.6. The van der Waals surface area contributed by atoms with E-state index in [-0.39, 0.29) is 35.8 Å². The molecule has 1 saturated carbocycles. The van der Waals surface area contributed by atoms with Gasteiger partial charge in [0.25, 0.3) is 0 Å². The van der Waals surface area contributed by atoms with Gasteiger partial charge in [-0.15, -0.1) is 24.0 Å². The molecule has 2 N–H and O–H groups in total. The van der Waals surface area contributed by atoms with E-state index in [0.29, 0.717) is 13.1 Å². The van der Waals surface area contributed by atoms with Crippen LogP contribution in [0.4, 0.5) is 0 Å². The summed E-state index contributed by atoms with van der Waals surface area (Å²) >= 11 is 5.89. The van der Waals surface area contributed by atoms with E-state index in [4.69, 9.17) is 11.6 Å². The van der Waals surface area contributed by atoms with E-state index >= 15 is 0 Å². The predicted octanol–water partition coefficient (Wildman–Crippen LogP) is 2.49. The molecule has 0 bridgehead atoms. The normalized spacial score (nSPS) is 14.0. The number of amides is 1. The number of nitrogens with one attached hydrogen (secondary N) is 2. The number of guanidine groups is 1. The molecule has 1 aliphatic rings. The summed E-state index contributed by atoms with van der Waals surface area (Å²) in [5.74, 6) is 1.23. The molecule has 0 saturated heterocycles. The van der Waals surface area contributed by atoms with Crippen molar-refractivity contribution < 1.29 is 4.79 Å². The Morgan fingerprint density at radius 3 is 2.43 bits per heavy atom. The molecule has 1 aliphatic carbocycles. The molecule has 0 aromatic heterocycles. The summed E-state index contributed by atoms with van der Waals surface area (Å²) in [6, 6.07) is 7.77. The molecule has 5 nitrogen and oxygen atoms in total. The summed E-state index contributed by atoms with van der Waals surface area (Å²) in [6.07, 6.45) is 2.07. The van der Waals surface area contributed by atoms with Crippen LogP contribution in [0.15, 0.2) is 29.3 Å². The zero-order chi connectivity index (χ0) is 15.9. The highest BCUT2D eigenvalue weighted by atomic mass is 127. The molecule has 128 valence electrons. The van der Waals surface area contributed by atoms with Crippen molar-refractivity contribution in [2.24, 2.45) is 10.9 Å². The second-order valence-corrected chi connectivity index (χ2v) is 5.96. The highest BCUT2D eigenvalue weighted by Crippen LogP contribution is 2.28. The molecule has 0 heterocycles. The fourth-order valence-electron chi connectivity index (χ4n) is 2.17. The fraction of sp³-hybridized carbons (Fsp3) is 0.500. The van der Waals surface area contributed by atoms with Crippen LogP contribution in [-0.2, 0) is 11.3 Å². The fourth-order valence-corrected chi connectivity index (χ4v) is 2.30. The molecule has 0 atom stereocenters. The minimum Gasteiger partial charge on any atom is -0.354 e. The lowest BCUT2D eigenvalue weighted by molar-refractivity contribution is -0.122. The molecule has 1 aromatic carbocycles. The van der Waals surface area contributed by atoms with E-state index in [9.17, 15) is 4.79 Å². The Hall–Kier alpha value is -1.02. The number of carbonyl (C=O) groups excluding carboxylic acids is 1. The topological polar surface area (TPSA) is 56.7 Å². The van der Waals surface area contributed by atoms with Crippen LogP contribution in [0.1, 0.15) is 18.4 Å². The molecule has 0 aliphatic heterocycles. The van der Waals surface area contributed by atoms with Crippen LogP contribution in [0.3, 0.4) is 0 Å². The van der Waals surface area contributed by atoms with Crippen LogP contribution >= 0.6 is 35.6 Å². The molecule has 1 aromatic rings. The monoisotopic (exact) mass is 450 g/mol. The summed E-state index contributed by atoms with van der Waals surface area (Å²) in [5, 5.41) is 6.92. The quantitative estimate of drug-likeness (QED) is 0.303. The molecule has 0 radical (unpaired) electrons. The van der Waals surface area contributed by atoms with Crippen LogP contribution in [-0.4, -0.2) is 44.0 Å². The molecule has 0 unspecified atom stereocenters. The van der Waals surface area contributed by atoms with Gasteiger partial charge in [-0.25, -0.2) is 0 Å². The zero-order valence-electron chi connectivity index (χ0n) is 13.5. The second kappa shape index (κ2) is 9.97. The number of benzene rings is 1. The third kappa shape index (κ3) is 6.95. The Morgan fingerprint density at radius 2 is 1.87 bits per heavy atom. The molecule has 23 heavy (non-hydrogen) atoms. The van der Waals surface area contributed by atoms with E-state index in [1.165, 1.54) is 0 Å². The van der Waals surface area contributed by atoms with Gasteiger partial charge in [-0.05, 0) is 30.5 Å². The average molecular weight is 451 g/mol. The largest absolute Gasteiger partial charge is 0.354 e.